The van der Waals surface area contributed by atoms with E-state index in [1.807, 2.05) is 44.2 Å². The highest BCUT2D eigenvalue weighted by atomic mass is 79.9. The summed E-state index contributed by atoms with van der Waals surface area (Å²) in [5.41, 5.74) is 4.07. The highest BCUT2D eigenvalue weighted by Gasteiger charge is 2.50. The van der Waals surface area contributed by atoms with Crippen molar-refractivity contribution < 1.29 is 9.59 Å². The molecular formula is C22H22BrNO2. The Labute approximate surface area is 162 Å². The Morgan fingerprint density at radius 3 is 2.19 bits per heavy atom. The van der Waals surface area contributed by atoms with Crippen LogP contribution in [0.2, 0.25) is 0 Å². The zero-order valence-corrected chi connectivity index (χ0v) is 16.6. The van der Waals surface area contributed by atoms with Crippen molar-refractivity contribution in [1.82, 2.24) is 0 Å². The summed E-state index contributed by atoms with van der Waals surface area (Å²) in [7, 11) is 0. The Hall–Kier alpha value is -1.94. The first kappa shape index (κ1) is 17.5. The smallest absolute Gasteiger partial charge is 0.237 e. The van der Waals surface area contributed by atoms with Crippen LogP contribution in [0, 0.1) is 25.7 Å². The van der Waals surface area contributed by atoms with Crippen LogP contribution in [0.15, 0.2) is 46.9 Å². The summed E-state index contributed by atoms with van der Waals surface area (Å²) in [5.74, 6) is -0.0330. The largest absolute Gasteiger partial charge is 0.274 e. The fraction of sp³-hybridized carbons (Fsp3) is 0.364. The van der Waals surface area contributed by atoms with E-state index in [0.29, 0.717) is 11.6 Å². The number of imide groups is 1. The van der Waals surface area contributed by atoms with E-state index in [4.69, 9.17) is 0 Å². The minimum absolute atomic E-state index is 0.0207. The molecule has 4 rings (SSSR count). The van der Waals surface area contributed by atoms with E-state index < -0.39 is 0 Å². The van der Waals surface area contributed by atoms with Crippen LogP contribution in [0.5, 0.6) is 0 Å². The Morgan fingerprint density at radius 1 is 0.923 bits per heavy atom. The van der Waals surface area contributed by atoms with Gasteiger partial charge in [-0.05, 0) is 67.9 Å². The van der Waals surface area contributed by atoms with Crippen molar-refractivity contribution in [3.05, 3.63) is 63.6 Å². The quantitative estimate of drug-likeness (QED) is 0.641. The normalized spacial score (nSPS) is 25.5. The van der Waals surface area contributed by atoms with Gasteiger partial charge in [0, 0.05) is 4.47 Å². The fourth-order valence-corrected chi connectivity index (χ4v) is 4.74. The van der Waals surface area contributed by atoms with Crippen LogP contribution in [0.3, 0.4) is 0 Å². The van der Waals surface area contributed by atoms with Crippen LogP contribution in [-0.2, 0) is 9.59 Å². The van der Waals surface area contributed by atoms with Crippen molar-refractivity contribution in [2.45, 2.75) is 39.0 Å². The van der Waals surface area contributed by atoms with E-state index in [9.17, 15) is 9.59 Å². The summed E-state index contributed by atoms with van der Waals surface area (Å²) in [6, 6.07) is 14.2. The zero-order valence-electron chi connectivity index (χ0n) is 15.0. The van der Waals surface area contributed by atoms with Gasteiger partial charge in [-0.15, -0.1) is 0 Å². The maximum absolute atomic E-state index is 13.1. The molecule has 134 valence electrons. The maximum atomic E-state index is 13.1. The third-order valence-corrected chi connectivity index (χ3v) is 7.13. The first-order valence-electron chi connectivity index (χ1n) is 9.17. The molecule has 0 unspecified atom stereocenters. The number of halogens is 1. The molecule has 1 saturated carbocycles. The Balaban J connectivity index is 1.64. The van der Waals surface area contributed by atoms with Gasteiger partial charge in [0.2, 0.25) is 11.8 Å². The van der Waals surface area contributed by atoms with Crippen LogP contribution < -0.4 is 4.90 Å². The average Bonchev–Trinajstić information content (AvgIpc) is 2.90. The Kier molecular flexibility index (Phi) is 4.47. The van der Waals surface area contributed by atoms with Gasteiger partial charge in [0.15, 0.2) is 0 Å². The fourth-order valence-electron chi connectivity index (χ4n) is 4.51. The van der Waals surface area contributed by atoms with Gasteiger partial charge in [-0.25, -0.2) is 0 Å². The van der Waals surface area contributed by atoms with Crippen LogP contribution in [0.1, 0.15) is 41.9 Å². The summed E-state index contributed by atoms with van der Waals surface area (Å²) in [4.78, 5) is 27.6. The van der Waals surface area contributed by atoms with Gasteiger partial charge in [-0.2, -0.15) is 0 Å². The molecule has 2 amide bonds. The molecule has 3 atom stereocenters. The molecule has 4 heteroatoms. The number of hydrogen-bond donors (Lipinski definition) is 0. The SMILES string of the molecule is Cc1cc(N2C(=O)[C@H]3CC[C@@H](c4ccccc4)C[C@@H]3C2=O)cc(C)c1Br. The van der Waals surface area contributed by atoms with Gasteiger partial charge in [0.25, 0.3) is 0 Å². The molecule has 0 bridgehead atoms. The number of hydrogen-bond acceptors (Lipinski definition) is 2. The van der Waals surface area contributed by atoms with Crippen molar-refractivity contribution in [1.29, 1.82) is 0 Å². The molecule has 26 heavy (non-hydrogen) atoms. The van der Waals surface area contributed by atoms with Crippen LogP contribution in [0.4, 0.5) is 5.69 Å². The molecule has 3 nitrogen and oxygen atoms in total. The minimum atomic E-state index is -0.189. The number of benzene rings is 2. The lowest BCUT2D eigenvalue weighted by molar-refractivity contribution is -0.122. The number of carbonyl (C=O) groups excluding carboxylic acids is 2. The molecule has 2 aliphatic rings. The van der Waals surface area contributed by atoms with Crippen molar-refractivity contribution in [2.75, 3.05) is 4.90 Å². The number of fused-ring (bicyclic) bond motifs is 1. The van der Waals surface area contributed by atoms with Gasteiger partial charge < -0.3 is 0 Å². The van der Waals surface area contributed by atoms with Gasteiger partial charge in [0.1, 0.15) is 0 Å². The molecule has 1 saturated heterocycles. The summed E-state index contributed by atoms with van der Waals surface area (Å²) in [5, 5.41) is 0. The summed E-state index contributed by atoms with van der Waals surface area (Å²) < 4.78 is 1.03. The van der Waals surface area contributed by atoms with Crippen LogP contribution >= 0.6 is 15.9 Å². The van der Waals surface area contributed by atoms with E-state index in [0.717, 1.165) is 34.9 Å². The minimum Gasteiger partial charge on any atom is -0.274 e. The van der Waals surface area contributed by atoms with Crippen molar-refractivity contribution in [2.24, 2.45) is 11.8 Å². The third kappa shape index (κ3) is 2.81. The van der Waals surface area contributed by atoms with Gasteiger partial charge in [-0.1, -0.05) is 46.3 Å². The van der Waals surface area contributed by atoms with E-state index >= 15 is 0 Å². The first-order chi connectivity index (χ1) is 12.5. The maximum Gasteiger partial charge on any atom is 0.237 e. The van der Waals surface area contributed by atoms with Gasteiger partial charge in [-0.3, -0.25) is 14.5 Å². The molecular weight excluding hydrogens is 390 g/mol. The van der Waals surface area contributed by atoms with Crippen molar-refractivity contribution in [3.8, 4) is 0 Å². The van der Waals surface area contributed by atoms with Crippen molar-refractivity contribution in [3.63, 3.8) is 0 Å². The monoisotopic (exact) mass is 411 g/mol. The Morgan fingerprint density at radius 2 is 1.54 bits per heavy atom. The molecule has 0 aromatic heterocycles. The molecule has 0 N–H and O–H groups in total. The van der Waals surface area contributed by atoms with E-state index in [1.165, 1.54) is 10.5 Å². The number of carbonyl (C=O) groups is 2. The van der Waals surface area contributed by atoms with E-state index in [1.54, 1.807) is 0 Å². The zero-order chi connectivity index (χ0) is 18.4. The summed E-state index contributed by atoms with van der Waals surface area (Å²) in [6.07, 6.45) is 2.53. The molecule has 1 heterocycles. The van der Waals surface area contributed by atoms with E-state index in [2.05, 4.69) is 28.1 Å². The second kappa shape index (κ2) is 6.66. The molecule has 2 aromatic rings. The number of rotatable bonds is 2. The average molecular weight is 412 g/mol. The lowest BCUT2D eigenvalue weighted by atomic mass is 9.73. The second-order valence-electron chi connectivity index (χ2n) is 7.54. The van der Waals surface area contributed by atoms with Crippen molar-refractivity contribution >= 4 is 33.4 Å². The highest BCUT2D eigenvalue weighted by Crippen LogP contribution is 2.46. The third-order valence-electron chi connectivity index (χ3n) is 5.88. The van der Waals surface area contributed by atoms with Gasteiger partial charge >= 0.3 is 0 Å². The lowest BCUT2D eigenvalue weighted by Gasteiger charge is -2.28. The van der Waals surface area contributed by atoms with E-state index in [-0.39, 0.29) is 23.7 Å². The molecule has 0 radical (unpaired) electrons. The standard InChI is InChI=1S/C22H22BrNO2/c1-13-10-17(11-14(2)20(13)23)24-21(25)18-9-8-16(12-19(18)22(24)26)15-6-4-3-5-7-15/h3-7,10-11,16,18-19H,8-9,12H2,1-2H3/t16-,18+,19+/m1/s1. The van der Waals surface area contributed by atoms with Gasteiger partial charge in [0.05, 0.1) is 17.5 Å². The molecule has 1 aliphatic carbocycles. The highest BCUT2D eigenvalue weighted by molar-refractivity contribution is 9.10. The van der Waals surface area contributed by atoms with Crippen LogP contribution in [-0.4, -0.2) is 11.8 Å². The topological polar surface area (TPSA) is 37.4 Å². The molecule has 1 aliphatic heterocycles. The van der Waals surface area contributed by atoms with Crippen LogP contribution in [0.25, 0.3) is 0 Å². The number of amides is 2. The predicted octanol–water partition coefficient (Wildman–Crippen LogP) is 5.14. The number of anilines is 1. The second-order valence-corrected chi connectivity index (χ2v) is 8.33. The molecule has 2 aromatic carbocycles. The molecule has 2 fully saturated rings. The summed E-state index contributed by atoms with van der Waals surface area (Å²) in [6.45, 7) is 3.98. The lowest BCUT2D eigenvalue weighted by Crippen LogP contribution is -2.31. The first-order valence-corrected chi connectivity index (χ1v) is 9.96. The Bertz CT molecular complexity index is 854. The predicted molar refractivity (Wildman–Crippen MR) is 106 cm³/mol. The molecule has 0 spiro atoms. The number of aryl methyl sites for hydroxylation is 2. The summed E-state index contributed by atoms with van der Waals surface area (Å²) >= 11 is 3.56. The number of nitrogens with zero attached hydrogens (tertiary/aromatic N) is 1.